The third-order valence-corrected chi connectivity index (χ3v) is 4.76. The summed E-state index contributed by atoms with van der Waals surface area (Å²) in [6.45, 7) is 0. The van der Waals surface area contributed by atoms with Crippen molar-refractivity contribution in [2.24, 2.45) is 0 Å². The number of rotatable bonds is 2. The Morgan fingerprint density at radius 2 is 2.04 bits per heavy atom. The number of carbonyl (C=O) groups is 1. The number of methoxy groups -OCH3 is 1. The van der Waals surface area contributed by atoms with Gasteiger partial charge in [0.25, 0.3) is 0 Å². The number of carbonyl (C=O) groups excluding carboxylic acids is 1. The lowest BCUT2D eigenvalue weighted by Crippen LogP contribution is -2.38. The minimum absolute atomic E-state index is 0.226. The third-order valence-electron chi connectivity index (χ3n) is 4.14. The summed E-state index contributed by atoms with van der Waals surface area (Å²) in [5.74, 6) is 0.746. The average molecular weight is 384 g/mol. The van der Waals surface area contributed by atoms with Crippen LogP contribution in [0.15, 0.2) is 53.1 Å². The first kappa shape index (κ1) is 15.0. The second kappa shape index (κ2) is 5.79. The molecule has 1 unspecified atom stereocenters. The normalized spacial score (nSPS) is 16.2. The Labute approximate surface area is 147 Å². The number of pyridine rings is 1. The fraction of sp³-hybridized carbons (Fsp3) is 0.111. The highest BCUT2D eigenvalue weighted by atomic mass is 79.9. The number of hydrogen-bond donors (Lipinski definition) is 2. The zero-order chi connectivity index (χ0) is 16.7. The Balaban J connectivity index is 1.89. The van der Waals surface area contributed by atoms with Crippen LogP contribution in [-0.4, -0.2) is 18.1 Å². The molecule has 24 heavy (non-hydrogen) atoms. The lowest BCUT2D eigenvalue weighted by Gasteiger charge is -2.28. The maximum absolute atomic E-state index is 12.2. The molecule has 0 aliphatic carbocycles. The number of ether oxygens (including phenoxy) is 1. The summed E-state index contributed by atoms with van der Waals surface area (Å²) < 4.78 is 6.12. The molecule has 1 aromatic heterocycles. The number of urea groups is 1. The monoisotopic (exact) mass is 383 g/mol. The van der Waals surface area contributed by atoms with Crippen LogP contribution in [0.25, 0.3) is 10.9 Å². The number of nitrogens with zero attached hydrogens (tertiary/aromatic N) is 1. The van der Waals surface area contributed by atoms with Crippen LogP contribution >= 0.6 is 15.9 Å². The summed E-state index contributed by atoms with van der Waals surface area (Å²) in [6, 6.07) is 13.1. The molecule has 1 aliphatic rings. The van der Waals surface area contributed by atoms with Crippen LogP contribution in [0.3, 0.4) is 0 Å². The van der Waals surface area contributed by atoms with Crippen molar-refractivity contribution in [1.29, 1.82) is 0 Å². The van der Waals surface area contributed by atoms with Gasteiger partial charge in [-0.3, -0.25) is 4.98 Å². The lowest BCUT2D eigenvalue weighted by atomic mass is 9.95. The summed E-state index contributed by atoms with van der Waals surface area (Å²) in [6.07, 6.45) is 1.81. The number of fused-ring (bicyclic) bond motifs is 3. The average Bonchev–Trinajstić information content (AvgIpc) is 2.61. The van der Waals surface area contributed by atoms with Gasteiger partial charge in [-0.05, 0) is 39.7 Å². The summed E-state index contributed by atoms with van der Waals surface area (Å²) in [4.78, 5) is 16.7. The molecule has 3 aromatic rings. The molecule has 0 saturated heterocycles. The molecule has 0 saturated carbocycles. The standard InChI is InChI=1S/C18H14BrN3O2/c1-24-15-7-6-10(8-13(15)19)16-12-9-20-14-5-3-2-4-11(14)17(12)22-18(23)21-16/h2-9,16H,1H3,(H2,21,22,23). The van der Waals surface area contributed by atoms with Gasteiger partial charge in [0.2, 0.25) is 0 Å². The molecule has 120 valence electrons. The smallest absolute Gasteiger partial charge is 0.320 e. The Bertz CT molecular complexity index is 958. The zero-order valence-corrected chi connectivity index (χ0v) is 14.4. The van der Waals surface area contributed by atoms with Crippen molar-refractivity contribution in [3.8, 4) is 5.75 Å². The predicted octanol–water partition coefficient (Wildman–Crippen LogP) is 4.23. The molecule has 2 N–H and O–H groups in total. The van der Waals surface area contributed by atoms with Crippen LogP contribution in [0.4, 0.5) is 10.5 Å². The van der Waals surface area contributed by atoms with Gasteiger partial charge in [0.15, 0.2) is 0 Å². The van der Waals surface area contributed by atoms with Crippen molar-refractivity contribution in [2.45, 2.75) is 6.04 Å². The first-order valence-corrected chi connectivity index (χ1v) is 8.25. The van der Waals surface area contributed by atoms with Crippen LogP contribution in [-0.2, 0) is 0 Å². The van der Waals surface area contributed by atoms with E-state index in [9.17, 15) is 4.79 Å². The molecule has 0 bridgehead atoms. The van der Waals surface area contributed by atoms with Gasteiger partial charge in [-0.25, -0.2) is 4.79 Å². The molecule has 2 heterocycles. The Kier molecular flexibility index (Phi) is 3.61. The van der Waals surface area contributed by atoms with Gasteiger partial charge in [-0.15, -0.1) is 0 Å². The molecule has 0 radical (unpaired) electrons. The predicted molar refractivity (Wildman–Crippen MR) is 96.4 cm³/mol. The second-order valence-electron chi connectivity index (χ2n) is 5.53. The number of nitrogens with one attached hydrogen (secondary N) is 2. The van der Waals surface area contributed by atoms with Crippen LogP contribution in [0, 0.1) is 0 Å². The molecule has 0 fully saturated rings. The lowest BCUT2D eigenvalue weighted by molar-refractivity contribution is 0.249. The first-order valence-electron chi connectivity index (χ1n) is 7.46. The van der Waals surface area contributed by atoms with Crippen molar-refractivity contribution in [3.63, 3.8) is 0 Å². The molecular formula is C18H14BrN3O2. The molecule has 2 aromatic carbocycles. The van der Waals surface area contributed by atoms with E-state index in [1.807, 2.05) is 48.7 Å². The van der Waals surface area contributed by atoms with E-state index >= 15 is 0 Å². The van der Waals surface area contributed by atoms with Crippen LogP contribution < -0.4 is 15.4 Å². The van der Waals surface area contributed by atoms with Crippen molar-refractivity contribution in [3.05, 3.63) is 64.3 Å². The molecule has 2 amide bonds. The van der Waals surface area contributed by atoms with E-state index in [2.05, 4.69) is 31.5 Å². The highest BCUT2D eigenvalue weighted by molar-refractivity contribution is 9.10. The van der Waals surface area contributed by atoms with Gasteiger partial charge in [-0.2, -0.15) is 0 Å². The SMILES string of the molecule is COc1ccc(C2NC(=O)Nc3c2cnc2ccccc32)cc1Br. The fourth-order valence-electron chi connectivity index (χ4n) is 3.00. The van der Waals surface area contributed by atoms with E-state index in [4.69, 9.17) is 4.74 Å². The number of amides is 2. The van der Waals surface area contributed by atoms with Gasteiger partial charge in [0, 0.05) is 17.1 Å². The van der Waals surface area contributed by atoms with E-state index in [-0.39, 0.29) is 12.1 Å². The topological polar surface area (TPSA) is 63.2 Å². The van der Waals surface area contributed by atoms with Crippen molar-refractivity contribution in [1.82, 2.24) is 10.3 Å². The third kappa shape index (κ3) is 2.39. The molecule has 0 spiro atoms. The quantitative estimate of drug-likeness (QED) is 0.695. The van der Waals surface area contributed by atoms with Crippen LogP contribution in [0.2, 0.25) is 0 Å². The van der Waals surface area contributed by atoms with E-state index in [1.165, 1.54) is 0 Å². The highest BCUT2D eigenvalue weighted by Gasteiger charge is 2.27. The van der Waals surface area contributed by atoms with E-state index in [0.29, 0.717) is 0 Å². The zero-order valence-electron chi connectivity index (χ0n) is 12.8. The summed E-state index contributed by atoms with van der Waals surface area (Å²) in [5, 5.41) is 6.81. The van der Waals surface area contributed by atoms with Gasteiger partial charge < -0.3 is 15.4 Å². The summed E-state index contributed by atoms with van der Waals surface area (Å²) in [7, 11) is 1.62. The summed E-state index contributed by atoms with van der Waals surface area (Å²) >= 11 is 3.50. The Morgan fingerprint density at radius 3 is 2.83 bits per heavy atom. The number of benzene rings is 2. The van der Waals surface area contributed by atoms with Gasteiger partial charge in [0.05, 0.1) is 28.8 Å². The Hall–Kier alpha value is -2.60. The van der Waals surface area contributed by atoms with E-state index in [0.717, 1.165) is 37.9 Å². The minimum atomic E-state index is -0.270. The fourth-order valence-corrected chi connectivity index (χ4v) is 3.56. The second-order valence-corrected chi connectivity index (χ2v) is 6.39. The molecule has 4 rings (SSSR count). The summed E-state index contributed by atoms with van der Waals surface area (Å²) in [5.41, 5.74) is 3.55. The van der Waals surface area contributed by atoms with Gasteiger partial charge >= 0.3 is 6.03 Å². The molecule has 1 aliphatic heterocycles. The highest BCUT2D eigenvalue weighted by Crippen LogP contribution is 2.37. The van der Waals surface area contributed by atoms with E-state index < -0.39 is 0 Å². The molecule has 6 heteroatoms. The van der Waals surface area contributed by atoms with Crippen molar-refractivity contribution < 1.29 is 9.53 Å². The van der Waals surface area contributed by atoms with Gasteiger partial charge in [0.1, 0.15) is 5.75 Å². The van der Waals surface area contributed by atoms with Gasteiger partial charge in [-0.1, -0.05) is 24.3 Å². The Morgan fingerprint density at radius 1 is 1.21 bits per heavy atom. The maximum atomic E-state index is 12.2. The minimum Gasteiger partial charge on any atom is -0.496 e. The maximum Gasteiger partial charge on any atom is 0.320 e. The van der Waals surface area contributed by atoms with Crippen LogP contribution in [0.1, 0.15) is 17.2 Å². The van der Waals surface area contributed by atoms with Crippen molar-refractivity contribution >= 4 is 38.6 Å². The molecule has 5 nitrogen and oxygen atoms in total. The molecule has 1 atom stereocenters. The number of anilines is 1. The largest absolute Gasteiger partial charge is 0.496 e. The number of halogens is 1. The number of hydrogen-bond acceptors (Lipinski definition) is 3. The number of para-hydroxylation sites is 1. The van der Waals surface area contributed by atoms with Crippen molar-refractivity contribution in [2.75, 3.05) is 12.4 Å². The number of aromatic nitrogens is 1. The first-order chi connectivity index (χ1) is 11.7. The van der Waals surface area contributed by atoms with E-state index in [1.54, 1.807) is 7.11 Å². The van der Waals surface area contributed by atoms with Crippen LogP contribution in [0.5, 0.6) is 5.75 Å². The molecular weight excluding hydrogens is 370 g/mol.